The minimum atomic E-state index is -0.772. The molecule has 0 radical (unpaired) electrons. The predicted molar refractivity (Wildman–Crippen MR) is 122 cm³/mol. The third-order valence-electron chi connectivity index (χ3n) is 5.28. The van der Waals surface area contributed by atoms with Gasteiger partial charge < -0.3 is 23.9 Å². The summed E-state index contributed by atoms with van der Waals surface area (Å²) in [6, 6.07) is 21.0. The van der Waals surface area contributed by atoms with Crippen LogP contribution < -0.4 is 14.8 Å². The van der Waals surface area contributed by atoms with Crippen LogP contribution in [0.15, 0.2) is 77.2 Å². The highest BCUT2D eigenvalue weighted by molar-refractivity contribution is 6.03. The molecule has 0 spiro atoms. The number of nitrogens with one attached hydrogen (secondary N) is 1. The normalized spacial score (nSPS) is 12.4. The Kier molecular flexibility index (Phi) is 5.70. The lowest BCUT2D eigenvalue weighted by atomic mass is 10.1. The number of carbonyl (C=O) groups excluding carboxylic acids is 3. The molecule has 1 aromatic heterocycles. The number of fused-ring (bicyclic) bond motifs is 2. The second-order valence-electron chi connectivity index (χ2n) is 7.55. The van der Waals surface area contributed by atoms with Crippen LogP contribution >= 0.6 is 0 Å². The Morgan fingerprint density at radius 1 is 0.971 bits per heavy atom. The zero-order valence-corrected chi connectivity index (χ0v) is 17.9. The average molecular weight is 457 g/mol. The maximum absolute atomic E-state index is 12.9. The van der Waals surface area contributed by atoms with E-state index in [9.17, 15) is 14.4 Å². The predicted octanol–water partition coefficient (Wildman–Crippen LogP) is 4.38. The van der Waals surface area contributed by atoms with E-state index in [1.54, 1.807) is 24.3 Å². The molecule has 34 heavy (non-hydrogen) atoms. The molecule has 1 aliphatic heterocycles. The summed E-state index contributed by atoms with van der Waals surface area (Å²) in [5.41, 5.74) is 1.71. The monoisotopic (exact) mass is 457 g/mol. The quantitative estimate of drug-likeness (QED) is 0.324. The Morgan fingerprint density at radius 3 is 2.62 bits per heavy atom. The van der Waals surface area contributed by atoms with Gasteiger partial charge in [0.1, 0.15) is 23.7 Å². The molecule has 0 unspecified atom stereocenters. The van der Waals surface area contributed by atoms with E-state index in [-0.39, 0.29) is 30.4 Å². The maximum Gasteiger partial charge on any atom is 0.375 e. The van der Waals surface area contributed by atoms with E-state index in [1.807, 2.05) is 42.5 Å². The van der Waals surface area contributed by atoms with Crippen LogP contribution in [0.4, 0.5) is 5.69 Å². The number of anilines is 1. The maximum atomic E-state index is 12.9. The number of ketones is 1. The van der Waals surface area contributed by atoms with E-state index in [2.05, 4.69) is 5.32 Å². The molecule has 4 aromatic rings. The Hall–Kier alpha value is -4.59. The van der Waals surface area contributed by atoms with Crippen molar-refractivity contribution >= 4 is 34.3 Å². The fourth-order valence-electron chi connectivity index (χ4n) is 3.62. The second kappa shape index (κ2) is 9.11. The summed E-state index contributed by atoms with van der Waals surface area (Å²) in [7, 11) is 0. The summed E-state index contributed by atoms with van der Waals surface area (Å²) in [4.78, 5) is 37.0. The summed E-state index contributed by atoms with van der Waals surface area (Å²) in [5.74, 6) is -0.418. The van der Waals surface area contributed by atoms with Crippen LogP contribution in [0.1, 0.15) is 26.5 Å². The third-order valence-corrected chi connectivity index (χ3v) is 5.28. The van der Waals surface area contributed by atoms with Crippen molar-refractivity contribution in [2.24, 2.45) is 0 Å². The van der Waals surface area contributed by atoms with Crippen molar-refractivity contribution in [3.05, 3.63) is 89.7 Å². The molecule has 5 rings (SSSR count). The lowest BCUT2D eigenvalue weighted by Gasteiger charge is -2.18. The Labute approximate surface area is 194 Å². The van der Waals surface area contributed by atoms with Crippen LogP contribution in [0, 0.1) is 0 Å². The number of hydrogen-bond donors (Lipinski definition) is 1. The standard InChI is InChI=1S/C26H19NO7/c28-21(16-10-11-23-20(12-16)27-24(29)15-32-23)14-33-26(30)25-19(13-31-17-6-2-1-3-7-17)18-8-4-5-9-22(18)34-25/h1-12H,13-15H2,(H,27,29). The first-order valence-electron chi connectivity index (χ1n) is 10.5. The van der Waals surface area contributed by atoms with Crippen molar-refractivity contribution in [3.8, 4) is 11.5 Å². The van der Waals surface area contributed by atoms with Crippen molar-refractivity contribution in [1.82, 2.24) is 0 Å². The molecule has 0 bridgehead atoms. The average Bonchev–Trinajstić information content (AvgIpc) is 3.24. The molecule has 170 valence electrons. The number of benzene rings is 3. The van der Waals surface area contributed by atoms with Gasteiger partial charge in [-0.3, -0.25) is 9.59 Å². The molecule has 8 nitrogen and oxygen atoms in total. The molecule has 1 N–H and O–H groups in total. The number of para-hydroxylation sites is 2. The van der Waals surface area contributed by atoms with Crippen molar-refractivity contribution in [2.45, 2.75) is 6.61 Å². The van der Waals surface area contributed by atoms with Crippen LogP contribution in [-0.4, -0.2) is 30.9 Å². The van der Waals surface area contributed by atoms with Crippen molar-refractivity contribution in [2.75, 3.05) is 18.5 Å². The molecular weight excluding hydrogens is 438 g/mol. The SMILES string of the molecule is O=C1COc2ccc(C(=O)COC(=O)c3oc4ccccc4c3COc3ccccc3)cc2N1. The summed E-state index contributed by atoms with van der Waals surface area (Å²) in [6.45, 7) is -0.488. The number of ether oxygens (including phenoxy) is 3. The number of amides is 1. The van der Waals surface area contributed by atoms with Gasteiger partial charge in [0.05, 0.1) is 11.3 Å². The Balaban J connectivity index is 1.32. The van der Waals surface area contributed by atoms with E-state index in [1.165, 1.54) is 6.07 Å². The van der Waals surface area contributed by atoms with Gasteiger partial charge in [-0.05, 0) is 36.4 Å². The van der Waals surface area contributed by atoms with Gasteiger partial charge in [-0.25, -0.2) is 4.79 Å². The summed E-state index contributed by atoms with van der Waals surface area (Å²) < 4.78 is 22.1. The second-order valence-corrected chi connectivity index (χ2v) is 7.55. The lowest BCUT2D eigenvalue weighted by molar-refractivity contribution is -0.118. The van der Waals surface area contributed by atoms with Gasteiger partial charge >= 0.3 is 5.97 Å². The first-order chi connectivity index (χ1) is 16.6. The Bertz CT molecular complexity index is 1390. The van der Waals surface area contributed by atoms with Crippen molar-refractivity contribution in [3.63, 3.8) is 0 Å². The van der Waals surface area contributed by atoms with Crippen LogP contribution in [0.2, 0.25) is 0 Å². The van der Waals surface area contributed by atoms with Crippen LogP contribution in [0.25, 0.3) is 11.0 Å². The van der Waals surface area contributed by atoms with Gasteiger partial charge in [-0.2, -0.15) is 0 Å². The highest BCUT2D eigenvalue weighted by atomic mass is 16.5. The molecule has 0 atom stereocenters. The van der Waals surface area contributed by atoms with E-state index in [4.69, 9.17) is 18.6 Å². The van der Waals surface area contributed by atoms with Gasteiger partial charge in [-0.15, -0.1) is 0 Å². The number of esters is 1. The van der Waals surface area contributed by atoms with Gasteiger partial charge in [0.2, 0.25) is 5.76 Å². The smallest absolute Gasteiger partial charge is 0.375 e. The molecule has 2 heterocycles. The topological polar surface area (TPSA) is 104 Å². The van der Waals surface area contributed by atoms with Gasteiger partial charge in [0.15, 0.2) is 19.0 Å². The van der Waals surface area contributed by atoms with E-state index in [0.29, 0.717) is 28.3 Å². The van der Waals surface area contributed by atoms with Crippen LogP contribution in [0.3, 0.4) is 0 Å². The summed E-state index contributed by atoms with van der Waals surface area (Å²) >= 11 is 0. The molecule has 1 aliphatic rings. The summed E-state index contributed by atoms with van der Waals surface area (Å²) in [5, 5.41) is 3.37. The minimum Gasteiger partial charge on any atom is -0.489 e. The molecule has 8 heteroatoms. The highest BCUT2D eigenvalue weighted by Gasteiger charge is 2.24. The number of rotatable bonds is 7. The molecular formula is C26H19NO7. The van der Waals surface area contributed by atoms with Crippen LogP contribution in [0.5, 0.6) is 11.5 Å². The minimum absolute atomic E-state index is 0.0176. The number of carbonyl (C=O) groups is 3. The fraction of sp³-hybridized carbons (Fsp3) is 0.115. The van der Waals surface area contributed by atoms with E-state index < -0.39 is 18.4 Å². The largest absolute Gasteiger partial charge is 0.489 e. The zero-order chi connectivity index (χ0) is 23.5. The highest BCUT2D eigenvalue weighted by Crippen LogP contribution is 2.30. The molecule has 0 saturated carbocycles. The zero-order valence-electron chi connectivity index (χ0n) is 17.9. The van der Waals surface area contributed by atoms with Gasteiger partial charge in [0, 0.05) is 10.9 Å². The first-order valence-corrected chi connectivity index (χ1v) is 10.5. The van der Waals surface area contributed by atoms with Crippen molar-refractivity contribution < 1.29 is 33.0 Å². The van der Waals surface area contributed by atoms with Gasteiger partial charge in [0.25, 0.3) is 5.91 Å². The van der Waals surface area contributed by atoms with E-state index >= 15 is 0 Å². The number of Topliss-reactive ketones (excluding diaryl/α,β-unsaturated/α-hetero) is 1. The molecule has 0 aliphatic carbocycles. The molecule has 3 aromatic carbocycles. The summed E-state index contributed by atoms with van der Waals surface area (Å²) in [6.07, 6.45) is 0. The van der Waals surface area contributed by atoms with Crippen molar-refractivity contribution in [1.29, 1.82) is 0 Å². The third kappa shape index (κ3) is 4.33. The van der Waals surface area contributed by atoms with Crippen LogP contribution in [-0.2, 0) is 16.1 Å². The van der Waals surface area contributed by atoms with Gasteiger partial charge in [-0.1, -0.05) is 36.4 Å². The lowest BCUT2D eigenvalue weighted by Crippen LogP contribution is -2.25. The number of furan rings is 1. The molecule has 1 amide bonds. The van der Waals surface area contributed by atoms with E-state index in [0.717, 1.165) is 5.39 Å². The molecule has 0 saturated heterocycles. The molecule has 0 fully saturated rings. The number of hydrogen-bond acceptors (Lipinski definition) is 7. The fourth-order valence-corrected chi connectivity index (χ4v) is 3.62. The first kappa shape index (κ1) is 21.3. The Morgan fingerprint density at radius 2 is 1.76 bits per heavy atom.